The second-order valence-corrected chi connectivity index (χ2v) is 5.80. The van der Waals surface area contributed by atoms with Crippen LogP contribution in [-0.2, 0) is 0 Å². The molecule has 1 atom stereocenters. The van der Waals surface area contributed by atoms with Crippen LogP contribution in [0.3, 0.4) is 0 Å². The fraction of sp³-hybridized carbons (Fsp3) is 0.154. The van der Waals surface area contributed by atoms with Gasteiger partial charge in [0.2, 0.25) is 0 Å². The number of rotatable bonds is 3. The smallest absolute Gasteiger partial charge is 0.101 e. The lowest BCUT2D eigenvalue weighted by Gasteiger charge is -2.06. The molecule has 1 aromatic carbocycles. The summed E-state index contributed by atoms with van der Waals surface area (Å²) in [7, 11) is 0. The Balaban J connectivity index is 2.15. The van der Waals surface area contributed by atoms with Gasteiger partial charge in [0, 0.05) is 17.1 Å². The van der Waals surface area contributed by atoms with Gasteiger partial charge in [-0.1, -0.05) is 41.0 Å². The molecule has 94 valence electrons. The fourth-order valence-corrected chi connectivity index (χ4v) is 2.54. The van der Waals surface area contributed by atoms with Gasteiger partial charge in [0.15, 0.2) is 0 Å². The quantitative estimate of drug-likeness (QED) is 0.903. The molecule has 1 heterocycles. The molecule has 1 aromatic heterocycles. The molecule has 2 aromatic rings. The number of nitrogens with zero attached hydrogens (tertiary/aromatic N) is 1. The summed E-state index contributed by atoms with van der Waals surface area (Å²) in [6.07, 6.45) is 1.80. The highest BCUT2D eigenvalue weighted by molar-refractivity contribution is 7.99. The summed E-state index contributed by atoms with van der Waals surface area (Å²) < 4.78 is 0. The molecule has 0 fully saturated rings. The van der Waals surface area contributed by atoms with Crippen molar-refractivity contribution in [3.63, 3.8) is 0 Å². The summed E-state index contributed by atoms with van der Waals surface area (Å²) in [5, 5.41) is 2.01. The minimum absolute atomic E-state index is 0.00141. The number of aromatic nitrogens is 1. The molecule has 0 aliphatic rings. The standard InChI is InChI=1S/C13H12Cl2N2S/c1-8(16)9-2-5-13(17-7-9)18-10-3-4-11(14)12(15)6-10/h2-8H,16H2,1H3. The van der Waals surface area contributed by atoms with Gasteiger partial charge in [-0.3, -0.25) is 0 Å². The van der Waals surface area contributed by atoms with Crippen molar-refractivity contribution >= 4 is 35.0 Å². The number of benzene rings is 1. The first-order valence-corrected chi connectivity index (χ1v) is 6.98. The monoisotopic (exact) mass is 298 g/mol. The van der Waals surface area contributed by atoms with Crippen molar-refractivity contribution in [1.29, 1.82) is 0 Å². The molecule has 2 nitrogen and oxygen atoms in total. The SMILES string of the molecule is CC(N)c1ccc(Sc2ccc(Cl)c(Cl)c2)nc1. The molecule has 0 amide bonds. The summed E-state index contributed by atoms with van der Waals surface area (Å²) in [4.78, 5) is 5.36. The van der Waals surface area contributed by atoms with Crippen molar-refractivity contribution in [3.05, 3.63) is 52.1 Å². The van der Waals surface area contributed by atoms with Crippen LogP contribution in [0.5, 0.6) is 0 Å². The van der Waals surface area contributed by atoms with Crippen LogP contribution >= 0.6 is 35.0 Å². The second kappa shape index (κ2) is 5.93. The maximum Gasteiger partial charge on any atom is 0.101 e. The summed E-state index contributed by atoms with van der Waals surface area (Å²) in [5.41, 5.74) is 6.80. The van der Waals surface area contributed by atoms with Crippen LogP contribution in [-0.4, -0.2) is 4.98 Å². The molecule has 5 heteroatoms. The van der Waals surface area contributed by atoms with E-state index in [1.54, 1.807) is 12.3 Å². The highest BCUT2D eigenvalue weighted by Gasteiger charge is 2.04. The van der Waals surface area contributed by atoms with Gasteiger partial charge < -0.3 is 5.73 Å². The Labute approximate surface area is 121 Å². The Morgan fingerprint density at radius 3 is 2.50 bits per heavy atom. The van der Waals surface area contributed by atoms with Gasteiger partial charge in [0.1, 0.15) is 5.03 Å². The maximum atomic E-state index is 5.96. The summed E-state index contributed by atoms with van der Waals surface area (Å²) in [6.45, 7) is 1.93. The fourth-order valence-electron chi connectivity index (χ4n) is 1.38. The van der Waals surface area contributed by atoms with E-state index in [-0.39, 0.29) is 6.04 Å². The molecule has 0 spiro atoms. The second-order valence-electron chi connectivity index (χ2n) is 3.90. The number of pyridine rings is 1. The van der Waals surface area contributed by atoms with E-state index in [2.05, 4.69) is 4.98 Å². The largest absolute Gasteiger partial charge is 0.324 e. The molecule has 2 rings (SSSR count). The van der Waals surface area contributed by atoms with E-state index >= 15 is 0 Å². The van der Waals surface area contributed by atoms with Crippen molar-refractivity contribution in [2.75, 3.05) is 0 Å². The zero-order chi connectivity index (χ0) is 13.1. The lowest BCUT2D eigenvalue weighted by atomic mass is 10.2. The highest BCUT2D eigenvalue weighted by Crippen LogP contribution is 2.31. The van der Waals surface area contributed by atoms with E-state index < -0.39 is 0 Å². The first-order valence-electron chi connectivity index (χ1n) is 5.40. The van der Waals surface area contributed by atoms with Crippen LogP contribution in [0.4, 0.5) is 0 Å². The topological polar surface area (TPSA) is 38.9 Å². The lowest BCUT2D eigenvalue weighted by molar-refractivity contribution is 0.806. The van der Waals surface area contributed by atoms with Gasteiger partial charge in [0.25, 0.3) is 0 Å². The Hall–Kier alpha value is -0.740. The van der Waals surface area contributed by atoms with E-state index in [0.29, 0.717) is 10.0 Å². The normalized spacial score (nSPS) is 12.4. The van der Waals surface area contributed by atoms with E-state index in [1.165, 1.54) is 11.8 Å². The average molecular weight is 299 g/mol. The van der Waals surface area contributed by atoms with E-state index in [9.17, 15) is 0 Å². The number of nitrogens with two attached hydrogens (primary N) is 1. The van der Waals surface area contributed by atoms with Crippen molar-refractivity contribution in [2.24, 2.45) is 5.73 Å². The molecule has 2 N–H and O–H groups in total. The third-order valence-corrected chi connectivity index (χ3v) is 4.08. The number of halogens is 2. The maximum absolute atomic E-state index is 5.96. The van der Waals surface area contributed by atoms with Crippen molar-refractivity contribution in [2.45, 2.75) is 22.9 Å². The molecule has 0 aliphatic carbocycles. The van der Waals surface area contributed by atoms with Gasteiger partial charge in [-0.25, -0.2) is 4.98 Å². The van der Waals surface area contributed by atoms with Gasteiger partial charge in [0.05, 0.1) is 10.0 Å². The Morgan fingerprint density at radius 1 is 1.17 bits per heavy atom. The molecule has 0 bridgehead atoms. The van der Waals surface area contributed by atoms with Crippen LogP contribution in [0.15, 0.2) is 46.5 Å². The minimum Gasteiger partial charge on any atom is -0.324 e. The van der Waals surface area contributed by atoms with Gasteiger partial charge in [-0.2, -0.15) is 0 Å². The van der Waals surface area contributed by atoms with Crippen molar-refractivity contribution in [1.82, 2.24) is 4.98 Å². The molecule has 0 saturated carbocycles. The molecule has 0 aliphatic heterocycles. The number of hydrogen-bond donors (Lipinski definition) is 1. The summed E-state index contributed by atoms with van der Waals surface area (Å²) in [5.74, 6) is 0. The predicted octanol–water partition coefficient (Wildman–Crippen LogP) is 4.56. The van der Waals surface area contributed by atoms with E-state index in [4.69, 9.17) is 28.9 Å². The third kappa shape index (κ3) is 3.39. The van der Waals surface area contributed by atoms with E-state index in [1.807, 2.05) is 31.2 Å². The van der Waals surface area contributed by atoms with Gasteiger partial charge >= 0.3 is 0 Å². The first-order chi connectivity index (χ1) is 8.56. The Morgan fingerprint density at radius 2 is 1.94 bits per heavy atom. The minimum atomic E-state index is 0.00141. The zero-order valence-corrected chi connectivity index (χ0v) is 12.1. The Kier molecular flexibility index (Phi) is 4.51. The molecular weight excluding hydrogens is 287 g/mol. The van der Waals surface area contributed by atoms with Crippen LogP contribution in [0, 0.1) is 0 Å². The average Bonchev–Trinajstić information content (AvgIpc) is 2.34. The van der Waals surface area contributed by atoms with Crippen LogP contribution in [0.25, 0.3) is 0 Å². The summed E-state index contributed by atoms with van der Waals surface area (Å²) in [6, 6.07) is 9.46. The Bertz CT molecular complexity index is 541. The van der Waals surface area contributed by atoms with Gasteiger partial charge in [-0.05, 0) is 36.8 Å². The van der Waals surface area contributed by atoms with Crippen LogP contribution < -0.4 is 5.73 Å². The molecule has 0 saturated heterocycles. The lowest BCUT2D eigenvalue weighted by Crippen LogP contribution is -2.04. The summed E-state index contributed by atoms with van der Waals surface area (Å²) >= 11 is 13.4. The van der Waals surface area contributed by atoms with Crippen molar-refractivity contribution < 1.29 is 0 Å². The highest BCUT2D eigenvalue weighted by atomic mass is 35.5. The van der Waals surface area contributed by atoms with Gasteiger partial charge in [-0.15, -0.1) is 0 Å². The zero-order valence-electron chi connectivity index (χ0n) is 9.73. The molecule has 18 heavy (non-hydrogen) atoms. The molecule has 1 unspecified atom stereocenters. The third-order valence-electron chi connectivity index (χ3n) is 2.40. The molecule has 0 radical (unpaired) electrons. The van der Waals surface area contributed by atoms with Crippen molar-refractivity contribution in [3.8, 4) is 0 Å². The molecular formula is C13H12Cl2N2S. The van der Waals surface area contributed by atoms with E-state index in [0.717, 1.165) is 15.5 Å². The predicted molar refractivity (Wildman–Crippen MR) is 77.4 cm³/mol. The van der Waals surface area contributed by atoms with Crippen LogP contribution in [0.2, 0.25) is 10.0 Å². The first kappa shape index (κ1) is 13.7. The van der Waals surface area contributed by atoms with Crippen LogP contribution in [0.1, 0.15) is 18.5 Å². The number of hydrogen-bond acceptors (Lipinski definition) is 3.